The maximum absolute atomic E-state index is 13.1. The lowest BCUT2D eigenvalue weighted by Gasteiger charge is -2.16. The Bertz CT molecular complexity index is 1200. The molecule has 2 aromatic heterocycles. The Labute approximate surface area is 168 Å². The number of amides is 2. The highest BCUT2D eigenvalue weighted by Crippen LogP contribution is 2.19. The zero-order chi connectivity index (χ0) is 20.4. The summed E-state index contributed by atoms with van der Waals surface area (Å²) in [6, 6.07) is 22.2. The maximum atomic E-state index is 13.1. The molecule has 0 unspecified atom stereocenters. The van der Waals surface area contributed by atoms with Gasteiger partial charge in [-0.1, -0.05) is 36.4 Å². The van der Waals surface area contributed by atoms with Gasteiger partial charge in [0, 0.05) is 24.6 Å². The Morgan fingerprint density at radius 3 is 2.48 bits per heavy atom. The van der Waals surface area contributed by atoms with Crippen molar-refractivity contribution in [2.75, 3.05) is 17.3 Å². The van der Waals surface area contributed by atoms with Gasteiger partial charge in [0.05, 0.1) is 5.52 Å². The highest BCUT2D eigenvalue weighted by atomic mass is 16.2. The van der Waals surface area contributed by atoms with Crippen molar-refractivity contribution in [3.63, 3.8) is 0 Å². The highest BCUT2D eigenvalue weighted by molar-refractivity contribution is 6.10. The molecule has 144 valence electrons. The van der Waals surface area contributed by atoms with Crippen LogP contribution in [-0.2, 0) is 0 Å². The zero-order valence-electron chi connectivity index (χ0n) is 16.2. The van der Waals surface area contributed by atoms with Crippen LogP contribution in [0.5, 0.6) is 0 Å². The van der Waals surface area contributed by atoms with Gasteiger partial charge < -0.3 is 10.2 Å². The van der Waals surface area contributed by atoms with Gasteiger partial charge in [-0.2, -0.15) is 0 Å². The van der Waals surface area contributed by atoms with E-state index in [9.17, 15) is 9.59 Å². The summed E-state index contributed by atoms with van der Waals surface area (Å²) < 4.78 is 1.65. The first-order valence-electron chi connectivity index (χ1n) is 9.23. The number of benzene rings is 2. The number of imidazole rings is 1. The summed E-state index contributed by atoms with van der Waals surface area (Å²) in [5, 5.41) is 2.86. The maximum Gasteiger partial charge on any atom is 0.294 e. The van der Waals surface area contributed by atoms with Gasteiger partial charge in [-0.3, -0.25) is 14.0 Å². The molecule has 0 aliphatic heterocycles. The second kappa shape index (κ2) is 7.59. The Balaban J connectivity index is 1.72. The molecule has 2 amide bonds. The molecule has 4 aromatic rings. The number of aryl methyl sites for hydroxylation is 1. The van der Waals surface area contributed by atoms with Gasteiger partial charge in [0.2, 0.25) is 5.82 Å². The van der Waals surface area contributed by atoms with E-state index in [2.05, 4.69) is 10.3 Å². The Morgan fingerprint density at radius 1 is 0.966 bits per heavy atom. The van der Waals surface area contributed by atoms with Crippen molar-refractivity contribution in [1.29, 1.82) is 0 Å². The lowest BCUT2D eigenvalue weighted by molar-refractivity contribution is 0.0982. The largest absolute Gasteiger partial charge is 0.321 e. The van der Waals surface area contributed by atoms with Gasteiger partial charge in [-0.15, -0.1) is 0 Å². The molecule has 29 heavy (non-hydrogen) atoms. The van der Waals surface area contributed by atoms with Crippen LogP contribution >= 0.6 is 0 Å². The molecule has 0 radical (unpaired) electrons. The number of aromatic nitrogens is 2. The van der Waals surface area contributed by atoms with Crippen LogP contribution < -0.4 is 10.2 Å². The normalized spacial score (nSPS) is 10.7. The molecule has 2 aromatic carbocycles. The van der Waals surface area contributed by atoms with Crippen molar-refractivity contribution >= 4 is 28.7 Å². The molecule has 4 rings (SSSR count). The minimum absolute atomic E-state index is 0.182. The van der Waals surface area contributed by atoms with Crippen LogP contribution in [-0.4, -0.2) is 28.2 Å². The number of rotatable bonds is 4. The fourth-order valence-corrected chi connectivity index (χ4v) is 3.19. The van der Waals surface area contributed by atoms with E-state index in [-0.39, 0.29) is 23.3 Å². The number of nitrogens with zero attached hydrogens (tertiary/aromatic N) is 3. The summed E-state index contributed by atoms with van der Waals surface area (Å²) in [6.45, 7) is 1.96. The van der Waals surface area contributed by atoms with Gasteiger partial charge in [-0.25, -0.2) is 4.98 Å². The number of pyridine rings is 1. The molecular formula is C23H20N4O2. The molecule has 0 spiro atoms. The number of anilines is 2. The molecular weight excluding hydrogens is 364 g/mol. The predicted molar refractivity (Wildman–Crippen MR) is 113 cm³/mol. The van der Waals surface area contributed by atoms with Crippen LogP contribution in [0.2, 0.25) is 0 Å². The minimum Gasteiger partial charge on any atom is -0.321 e. The third-order valence-corrected chi connectivity index (χ3v) is 4.68. The molecule has 0 atom stereocenters. The van der Waals surface area contributed by atoms with E-state index in [1.165, 1.54) is 4.90 Å². The summed E-state index contributed by atoms with van der Waals surface area (Å²) in [5.41, 5.74) is 3.24. The molecule has 0 saturated carbocycles. The van der Waals surface area contributed by atoms with Crippen LogP contribution in [0.4, 0.5) is 11.4 Å². The minimum atomic E-state index is -0.360. The number of para-hydroxylation sites is 1. The van der Waals surface area contributed by atoms with E-state index in [4.69, 9.17) is 0 Å². The highest BCUT2D eigenvalue weighted by Gasteiger charge is 2.24. The first kappa shape index (κ1) is 18.4. The van der Waals surface area contributed by atoms with E-state index >= 15 is 0 Å². The summed E-state index contributed by atoms with van der Waals surface area (Å²) in [4.78, 5) is 31.9. The van der Waals surface area contributed by atoms with Crippen molar-refractivity contribution in [3.05, 3.63) is 96.1 Å². The van der Waals surface area contributed by atoms with Crippen LogP contribution in [0.1, 0.15) is 26.7 Å². The lowest BCUT2D eigenvalue weighted by atomic mass is 10.2. The van der Waals surface area contributed by atoms with E-state index < -0.39 is 0 Å². The summed E-state index contributed by atoms with van der Waals surface area (Å²) in [5.74, 6) is -0.478. The molecule has 0 saturated heterocycles. The average molecular weight is 384 g/mol. The third-order valence-electron chi connectivity index (χ3n) is 4.68. The SMILES string of the molecule is Cc1cccc(NC(=O)c2nc(C(=O)N(C)c3ccccc3)n3ccccc23)c1. The quantitative estimate of drug-likeness (QED) is 0.574. The monoisotopic (exact) mass is 384 g/mol. The first-order valence-corrected chi connectivity index (χ1v) is 9.23. The standard InChI is InChI=1S/C23H20N4O2/c1-16-9-8-10-17(15-16)24-22(28)20-19-13-6-7-14-27(19)21(25-20)23(29)26(2)18-11-4-3-5-12-18/h3-15H,1-2H3,(H,24,28). The average Bonchev–Trinajstić information content (AvgIpc) is 3.13. The van der Waals surface area contributed by atoms with Gasteiger partial charge >= 0.3 is 0 Å². The van der Waals surface area contributed by atoms with Crippen molar-refractivity contribution in [2.24, 2.45) is 0 Å². The number of fused-ring (bicyclic) bond motifs is 1. The van der Waals surface area contributed by atoms with Crippen LogP contribution in [0.3, 0.4) is 0 Å². The number of hydrogen-bond donors (Lipinski definition) is 1. The molecule has 0 fully saturated rings. The topological polar surface area (TPSA) is 66.7 Å². The molecule has 0 bridgehead atoms. The molecule has 6 heteroatoms. The van der Waals surface area contributed by atoms with Crippen molar-refractivity contribution in [3.8, 4) is 0 Å². The van der Waals surface area contributed by atoms with E-state index in [0.29, 0.717) is 11.2 Å². The van der Waals surface area contributed by atoms with Gasteiger partial charge in [-0.05, 0) is 48.9 Å². The fraction of sp³-hybridized carbons (Fsp3) is 0.0870. The molecule has 0 aliphatic carbocycles. The Hall–Kier alpha value is -3.93. The van der Waals surface area contributed by atoms with Gasteiger partial charge in [0.15, 0.2) is 5.69 Å². The van der Waals surface area contributed by atoms with Gasteiger partial charge in [0.1, 0.15) is 0 Å². The summed E-state index contributed by atoms with van der Waals surface area (Å²) in [6.07, 6.45) is 1.73. The Morgan fingerprint density at radius 2 is 1.72 bits per heavy atom. The number of hydrogen-bond acceptors (Lipinski definition) is 3. The molecule has 0 aliphatic rings. The van der Waals surface area contributed by atoms with E-state index in [0.717, 1.165) is 11.3 Å². The van der Waals surface area contributed by atoms with Crippen molar-refractivity contribution in [1.82, 2.24) is 9.38 Å². The third kappa shape index (κ3) is 3.60. The molecule has 2 heterocycles. The van der Waals surface area contributed by atoms with E-state index in [1.54, 1.807) is 29.8 Å². The number of carbonyl (C=O) groups is 2. The van der Waals surface area contributed by atoms with Gasteiger partial charge in [0.25, 0.3) is 11.8 Å². The molecule has 6 nitrogen and oxygen atoms in total. The van der Waals surface area contributed by atoms with Crippen LogP contribution in [0, 0.1) is 6.92 Å². The van der Waals surface area contributed by atoms with Crippen LogP contribution in [0.15, 0.2) is 79.0 Å². The van der Waals surface area contributed by atoms with Crippen molar-refractivity contribution in [2.45, 2.75) is 6.92 Å². The summed E-state index contributed by atoms with van der Waals surface area (Å²) >= 11 is 0. The number of carbonyl (C=O) groups excluding carboxylic acids is 2. The Kier molecular flexibility index (Phi) is 4.83. The van der Waals surface area contributed by atoms with Crippen LogP contribution in [0.25, 0.3) is 5.52 Å². The smallest absolute Gasteiger partial charge is 0.294 e. The lowest BCUT2D eigenvalue weighted by Crippen LogP contribution is -2.28. The predicted octanol–water partition coefficient (Wildman–Crippen LogP) is 4.17. The van der Waals surface area contributed by atoms with Crippen molar-refractivity contribution < 1.29 is 9.59 Å². The number of nitrogens with one attached hydrogen (secondary N) is 1. The second-order valence-electron chi connectivity index (χ2n) is 6.76. The second-order valence-corrected chi connectivity index (χ2v) is 6.76. The van der Waals surface area contributed by atoms with E-state index in [1.807, 2.05) is 67.6 Å². The fourth-order valence-electron chi connectivity index (χ4n) is 3.19. The summed E-state index contributed by atoms with van der Waals surface area (Å²) in [7, 11) is 1.69. The molecule has 1 N–H and O–H groups in total. The first-order chi connectivity index (χ1) is 14.0. The zero-order valence-corrected chi connectivity index (χ0v) is 16.2.